The molecule has 0 fully saturated rings. The maximum absolute atomic E-state index is 9.65. The molecule has 1 N–H and O–H groups in total. The highest BCUT2D eigenvalue weighted by Crippen LogP contribution is 1.63. The summed E-state index contributed by atoms with van der Waals surface area (Å²) in [5.41, 5.74) is 0. The SMILES string of the molecule is CCNCC=CC=O. The molecule has 2 heteroatoms. The van der Waals surface area contributed by atoms with E-state index in [0.29, 0.717) is 0 Å². The van der Waals surface area contributed by atoms with Crippen molar-refractivity contribution in [2.24, 2.45) is 0 Å². The van der Waals surface area contributed by atoms with Crippen molar-refractivity contribution in [2.75, 3.05) is 13.1 Å². The molecule has 0 rings (SSSR count). The highest BCUT2D eigenvalue weighted by molar-refractivity contribution is 5.64. The normalized spacial score (nSPS) is 10.1. The van der Waals surface area contributed by atoms with Crippen molar-refractivity contribution in [1.82, 2.24) is 5.32 Å². The second-order valence-electron chi connectivity index (χ2n) is 1.37. The number of allylic oxidation sites excluding steroid dienone is 1. The summed E-state index contributed by atoms with van der Waals surface area (Å²) in [6, 6.07) is 0. The van der Waals surface area contributed by atoms with Crippen LogP contribution in [0.15, 0.2) is 12.2 Å². The van der Waals surface area contributed by atoms with E-state index in [1.165, 1.54) is 6.08 Å². The fourth-order valence-electron chi connectivity index (χ4n) is 0.351. The molecule has 0 aromatic heterocycles. The van der Waals surface area contributed by atoms with Gasteiger partial charge >= 0.3 is 0 Å². The van der Waals surface area contributed by atoms with Gasteiger partial charge in [0, 0.05) is 6.54 Å². The third-order valence-electron chi connectivity index (χ3n) is 0.727. The van der Waals surface area contributed by atoms with Gasteiger partial charge in [-0.05, 0) is 12.6 Å². The van der Waals surface area contributed by atoms with Crippen LogP contribution in [-0.2, 0) is 4.79 Å². The van der Waals surface area contributed by atoms with Crippen LogP contribution in [0.5, 0.6) is 0 Å². The molecule has 0 aliphatic carbocycles. The van der Waals surface area contributed by atoms with Crippen LogP contribution in [0.4, 0.5) is 0 Å². The monoisotopic (exact) mass is 113 g/mol. The van der Waals surface area contributed by atoms with Gasteiger partial charge in [0.1, 0.15) is 6.29 Å². The Bertz CT molecular complexity index is 78.6. The topological polar surface area (TPSA) is 29.1 Å². The predicted molar refractivity (Wildman–Crippen MR) is 33.7 cm³/mol. The van der Waals surface area contributed by atoms with Crippen molar-refractivity contribution in [1.29, 1.82) is 0 Å². The van der Waals surface area contributed by atoms with Crippen molar-refractivity contribution in [2.45, 2.75) is 6.92 Å². The number of nitrogens with one attached hydrogen (secondary N) is 1. The van der Waals surface area contributed by atoms with Gasteiger partial charge in [0.2, 0.25) is 0 Å². The first-order valence-electron chi connectivity index (χ1n) is 2.72. The van der Waals surface area contributed by atoms with Crippen LogP contribution >= 0.6 is 0 Å². The van der Waals surface area contributed by atoms with Gasteiger partial charge in [-0.3, -0.25) is 4.79 Å². The molecule has 0 atom stereocenters. The summed E-state index contributed by atoms with van der Waals surface area (Å²) in [7, 11) is 0. The first kappa shape index (κ1) is 7.37. The standard InChI is InChI=1S/C6H11NO/c1-2-7-5-3-4-6-8/h3-4,6-7H,2,5H2,1H3. The molecule has 0 amide bonds. The van der Waals surface area contributed by atoms with E-state index >= 15 is 0 Å². The Labute approximate surface area is 49.6 Å². The zero-order chi connectivity index (χ0) is 6.24. The van der Waals surface area contributed by atoms with Gasteiger partial charge in [0.05, 0.1) is 0 Å². The Morgan fingerprint density at radius 1 is 1.62 bits per heavy atom. The number of aldehydes is 1. The van der Waals surface area contributed by atoms with Crippen LogP contribution in [0.3, 0.4) is 0 Å². The molecule has 0 bridgehead atoms. The Morgan fingerprint density at radius 2 is 2.38 bits per heavy atom. The largest absolute Gasteiger partial charge is 0.314 e. The van der Waals surface area contributed by atoms with Crippen molar-refractivity contribution >= 4 is 6.29 Å². The molecule has 0 heterocycles. The molecule has 46 valence electrons. The molecule has 0 saturated heterocycles. The Kier molecular flexibility index (Phi) is 5.87. The smallest absolute Gasteiger partial charge is 0.142 e. The zero-order valence-corrected chi connectivity index (χ0v) is 5.05. The van der Waals surface area contributed by atoms with Crippen LogP contribution in [0.2, 0.25) is 0 Å². The number of carbonyl (C=O) groups excluding carboxylic acids is 1. The van der Waals surface area contributed by atoms with Gasteiger partial charge in [0.15, 0.2) is 0 Å². The van der Waals surface area contributed by atoms with Gasteiger partial charge < -0.3 is 5.32 Å². The maximum Gasteiger partial charge on any atom is 0.142 e. The van der Waals surface area contributed by atoms with E-state index in [9.17, 15) is 4.79 Å². The quantitative estimate of drug-likeness (QED) is 0.324. The molecule has 0 radical (unpaired) electrons. The molecule has 0 spiro atoms. The van der Waals surface area contributed by atoms with Crippen molar-refractivity contribution in [3.8, 4) is 0 Å². The average molecular weight is 113 g/mol. The minimum atomic E-state index is 0.775. The van der Waals surface area contributed by atoms with E-state index in [4.69, 9.17) is 0 Å². The molecule has 0 aliphatic heterocycles. The van der Waals surface area contributed by atoms with Crippen LogP contribution in [0.25, 0.3) is 0 Å². The summed E-state index contributed by atoms with van der Waals surface area (Å²) in [6.45, 7) is 3.76. The second-order valence-corrected chi connectivity index (χ2v) is 1.37. The highest BCUT2D eigenvalue weighted by atomic mass is 16.1. The zero-order valence-electron chi connectivity index (χ0n) is 5.05. The molecule has 0 unspecified atom stereocenters. The number of rotatable bonds is 4. The summed E-state index contributed by atoms with van der Waals surface area (Å²) in [4.78, 5) is 9.65. The van der Waals surface area contributed by atoms with Crippen LogP contribution in [-0.4, -0.2) is 19.4 Å². The molecule has 2 nitrogen and oxygen atoms in total. The number of likely N-dealkylation sites (N-methyl/N-ethyl adjacent to an activating group) is 1. The van der Waals surface area contributed by atoms with E-state index in [-0.39, 0.29) is 0 Å². The third kappa shape index (κ3) is 5.37. The Hall–Kier alpha value is -0.630. The summed E-state index contributed by atoms with van der Waals surface area (Å²) in [5, 5.41) is 3.04. The Morgan fingerprint density at radius 3 is 2.88 bits per heavy atom. The van der Waals surface area contributed by atoms with E-state index < -0.39 is 0 Å². The van der Waals surface area contributed by atoms with Gasteiger partial charge in [-0.25, -0.2) is 0 Å². The summed E-state index contributed by atoms with van der Waals surface area (Å²) < 4.78 is 0. The summed E-state index contributed by atoms with van der Waals surface area (Å²) >= 11 is 0. The van der Waals surface area contributed by atoms with Gasteiger partial charge in [-0.1, -0.05) is 13.0 Å². The lowest BCUT2D eigenvalue weighted by atomic mass is 10.5. The summed E-state index contributed by atoms with van der Waals surface area (Å²) in [5.74, 6) is 0. The molecule has 0 aromatic carbocycles. The van der Waals surface area contributed by atoms with E-state index in [2.05, 4.69) is 5.32 Å². The van der Waals surface area contributed by atoms with Crippen LogP contribution in [0.1, 0.15) is 6.92 Å². The van der Waals surface area contributed by atoms with Gasteiger partial charge in [0.25, 0.3) is 0 Å². The van der Waals surface area contributed by atoms with Crippen molar-refractivity contribution in [3.63, 3.8) is 0 Å². The van der Waals surface area contributed by atoms with E-state index in [1.54, 1.807) is 6.08 Å². The lowest BCUT2D eigenvalue weighted by molar-refractivity contribution is -0.104. The fourth-order valence-corrected chi connectivity index (χ4v) is 0.351. The number of hydrogen-bond acceptors (Lipinski definition) is 2. The van der Waals surface area contributed by atoms with Crippen LogP contribution < -0.4 is 5.32 Å². The number of carbonyl (C=O) groups is 1. The summed E-state index contributed by atoms with van der Waals surface area (Å²) in [6.07, 6.45) is 4.05. The first-order valence-corrected chi connectivity index (χ1v) is 2.72. The molecular weight excluding hydrogens is 102 g/mol. The highest BCUT2D eigenvalue weighted by Gasteiger charge is 1.70. The van der Waals surface area contributed by atoms with Crippen molar-refractivity contribution in [3.05, 3.63) is 12.2 Å². The predicted octanol–water partition coefficient (Wildman–Crippen LogP) is 0.351. The van der Waals surface area contributed by atoms with Crippen molar-refractivity contribution < 1.29 is 4.79 Å². The Balaban J connectivity index is 2.91. The molecule has 0 aliphatic rings. The van der Waals surface area contributed by atoms with E-state index in [0.717, 1.165) is 19.4 Å². The second kappa shape index (κ2) is 6.37. The fraction of sp³-hybridized carbons (Fsp3) is 0.500. The lowest BCUT2D eigenvalue weighted by Crippen LogP contribution is -2.11. The number of hydrogen-bond donors (Lipinski definition) is 1. The molecule has 8 heavy (non-hydrogen) atoms. The lowest BCUT2D eigenvalue weighted by Gasteiger charge is -1.89. The van der Waals surface area contributed by atoms with Gasteiger partial charge in [-0.15, -0.1) is 0 Å². The maximum atomic E-state index is 9.65. The van der Waals surface area contributed by atoms with Gasteiger partial charge in [-0.2, -0.15) is 0 Å². The first-order chi connectivity index (χ1) is 3.91. The minimum Gasteiger partial charge on any atom is -0.314 e. The molecular formula is C6H11NO. The van der Waals surface area contributed by atoms with Crippen LogP contribution in [0, 0.1) is 0 Å². The minimum absolute atomic E-state index is 0.775. The average Bonchev–Trinajstić information content (AvgIpc) is 1.81. The molecule has 0 aromatic rings. The van der Waals surface area contributed by atoms with E-state index in [1.807, 2.05) is 6.92 Å². The molecule has 0 saturated carbocycles. The third-order valence-corrected chi connectivity index (χ3v) is 0.727.